The van der Waals surface area contributed by atoms with E-state index in [9.17, 15) is 14.0 Å². The Bertz CT molecular complexity index is 585. The van der Waals surface area contributed by atoms with Crippen LogP contribution >= 0.6 is 11.6 Å². The van der Waals surface area contributed by atoms with Gasteiger partial charge in [-0.05, 0) is 25.0 Å². The lowest BCUT2D eigenvalue weighted by Gasteiger charge is -2.36. The van der Waals surface area contributed by atoms with Gasteiger partial charge in [-0.1, -0.05) is 38.4 Å². The van der Waals surface area contributed by atoms with Crippen molar-refractivity contribution in [3.63, 3.8) is 0 Å². The summed E-state index contributed by atoms with van der Waals surface area (Å²) in [6.45, 7) is 6.86. The molecule has 0 aliphatic carbocycles. The van der Waals surface area contributed by atoms with E-state index >= 15 is 0 Å². The average Bonchev–Trinajstić information content (AvgIpc) is 2.46. The van der Waals surface area contributed by atoms with Crippen molar-refractivity contribution in [2.45, 2.75) is 39.7 Å². The summed E-state index contributed by atoms with van der Waals surface area (Å²) in [6, 6.07) is 4.09. The fourth-order valence-corrected chi connectivity index (χ4v) is 2.92. The van der Waals surface area contributed by atoms with Crippen molar-refractivity contribution in [2.75, 3.05) is 13.1 Å². The minimum absolute atomic E-state index is 0.0813. The van der Waals surface area contributed by atoms with E-state index in [2.05, 4.69) is 5.32 Å². The lowest BCUT2D eigenvalue weighted by atomic mass is 9.93. The molecule has 0 radical (unpaired) electrons. The van der Waals surface area contributed by atoms with Gasteiger partial charge in [0.2, 0.25) is 5.91 Å². The highest BCUT2D eigenvalue weighted by atomic mass is 35.5. The molecule has 0 saturated carbocycles. The minimum atomic E-state index is -0.629. The fourth-order valence-electron chi connectivity index (χ4n) is 2.67. The number of nitrogens with zero attached hydrogens (tertiary/aromatic N) is 1. The number of hydrogen-bond acceptors (Lipinski definition) is 2. The molecule has 1 saturated heterocycles. The Labute approximate surface area is 141 Å². The number of carbonyl (C=O) groups is 2. The molecule has 1 fully saturated rings. The number of nitrogens with one attached hydrogen (secondary N) is 1. The summed E-state index contributed by atoms with van der Waals surface area (Å²) in [7, 11) is 0. The number of amides is 2. The Morgan fingerprint density at radius 3 is 2.39 bits per heavy atom. The Hall–Kier alpha value is -1.62. The predicted molar refractivity (Wildman–Crippen MR) is 87.9 cm³/mol. The molecular formula is C17H22ClFN2O2. The lowest BCUT2D eigenvalue weighted by Crippen LogP contribution is -2.49. The molecule has 1 aromatic carbocycles. The highest BCUT2D eigenvalue weighted by Gasteiger charge is 2.31. The number of rotatable bonds is 2. The molecular weight excluding hydrogens is 319 g/mol. The van der Waals surface area contributed by atoms with Gasteiger partial charge in [0.1, 0.15) is 5.82 Å². The van der Waals surface area contributed by atoms with E-state index in [1.165, 1.54) is 18.2 Å². The van der Waals surface area contributed by atoms with Crippen LogP contribution in [0.1, 0.15) is 44.0 Å². The molecule has 1 heterocycles. The molecule has 23 heavy (non-hydrogen) atoms. The van der Waals surface area contributed by atoms with Crippen LogP contribution in [0.3, 0.4) is 0 Å². The Balaban J connectivity index is 1.94. The summed E-state index contributed by atoms with van der Waals surface area (Å²) in [5.74, 6) is -1.02. The third-order valence-electron chi connectivity index (χ3n) is 3.95. The molecule has 0 spiro atoms. The van der Waals surface area contributed by atoms with E-state index in [4.69, 9.17) is 11.6 Å². The number of piperidine rings is 1. The molecule has 2 rings (SSSR count). The van der Waals surface area contributed by atoms with Crippen LogP contribution in [0.15, 0.2) is 18.2 Å². The number of carbonyl (C=O) groups excluding carboxylic acids is 2. The first-order valence-corrected chi connectivity index (χ1v) is 8.12. The van der Waals surface area contributed by atoms with Gasteiger partial charge < -0.3 is 10.2 Å². The van der Waals surface area contributed by atoms with Crippen molar-refractivity contribution < 1.29 is 14.0 Å². The van der Waals surface area contributed by atoms with Crippen molar-refractivity contribution in [3.05, 3.63) is 34.6 Å². The van der Waals surface area contributed by atoms with Crippen molar-refractivity contribution in [1.29, 1.82) is 0 Å². The Kier molecular flexibility index (Phi) is 5.30. The Morgan fingerprint density at radius 1 is 1.26 bits per heavy atom. The zero-order chi connectivity index (χ0) is 17.2. The zero-order valence-corrected chi connectivity index (χ0v) is 14.4. The van der Waals surface area contributed by atoms with Gasteiger partial charge >= 0.3 is 0 Å². The van der Waals surface area contributed by atoms with Gasteiger partial charge in [-0.2, -0.15) is 0 Å². The maximum Gasteiger partial charge on any atom is 0.255 e. The normalized spacial score (nSPS) is 16.3. The van der Waals surface area contributed by atoms with E-state index in [1.54, 1.807) is 0 Å². The predicted octanol–water partition coefficient (Wildman–Crippen LogP) is 3.25. The highest BCUT2D eigenvalue weighted by molar-refractivity contribution is 6.33. The quantitative estimate of drug-likeness (QED) is 0.898. The lowest BCUT2D eigenvalue weighted by molar-refractivity contribution is -0.140. The molecule has 1 aromatic rings. The summed E-state index contributed by atoms with van der Waals surface area (Å²) < 4.78 is 13.8. The van der Waals surface area contributed by atoms with Gasteiger partial charge in [0.05, 0.1) is 10.6 Å². The maximum absolute atomic E-state index is 13.8. The van der Waals surface area contributed by atoms with Gasteiger partial charge in [0.15, 0.2) is 0 Å². The standard InChI is InChI=1S/C17H22ClFN2O2/c1-17(2,3)16(23)21-9-7-11(8-10-21)20-15(22)14-12(18)5-4-6-13(14)19/h4-6,11H,7-10H2,1-3H3,(H,20,22). The second kappa shape index (κ2) is 6.87. The van der Waals surface area contributed by atoms with Crippen LogP contribution in [0.2, 0.25) is 5.02 Å². The largest absolute Gasteiger partial charge is 0.349 e. The topological polar surface area (TPSA) is 49.4 Å². The number of hydrogen-bond donors (Lipinski definition) is 1. The monoisotopic (exact) mass is 340 g/mol. The molecule has 0 bridgehead atoms. The van der Waals surface area contributed by atoms with Gasteiger partial charge in [-0.15, -0.1) is 0 Å². The summed E-state index contributed by atoms with van der Waals surface area (Å²) >= 11 is 5.90. The number of halogens is 2. The average molecular weight is 341 g/mol. The summed E-state index contributed by atoms with van der Waals surface area (Å²) in [5.41, 5.74) is -0.529. The first-order chi connectivity index (χ1) is 10.7. The molecule has 0 atom stereocenters. The van der Waals surface area contributed by atoms with Gasteiger partial charge in [-0.3, -0.25) is 9.59 Å². The molecule has 0 aromatic heterocycles. The zero-order valence-electron chi connectivity index (χ0n) is 13.7. The minimum Gasteiger partial charge on any atom is -0.349 e. The smallest absolute Gasteiger partial charge is 0.255 e. The molecule has 1 aliphatic heterocycles. The van der Waals surface area contributed by atoms with Crippen LogP contribution in [-0.4, -0.2) is 35.8 Å². The van der Waals surface area contributed by atoms with E-state index in [-0.39, 0.29) is 22.5 Å². The van der Waals surface area contributed by atoms with Crippen molar-refractivity contribution >= 4 is 23.4 Å². The van der Waals surface area contributed by atoms with Crippen molar-refractivity contribution in [2.24, 2.45) is 5.41 Å². The van der Waals surface area contributed by atoms with Crippen LogP contribution in [0.25, 0.3) is 0 Å². The van der Waals surface area contributed by atoms with Crippen molar-refractivity contribution in [3.8, 4) is 0 Å². The van der Waals surface area contributed by atoms with E-state index in [0.29, 0.717) is 25.9 Å². The summed E-state index contributed by atoms with van der Waals surface area (Å²) in [4.78, 5) is 26.3. The van der Waals surface area contributed by atoms with Crippen LogP contribution in [-0.2, 0) is 4.79 Å². The molecule has 126 valence electrons. The first kappa shape index (κ1) is 17.7. The van der Waals surface area contributed by atoms with Crippen LogP contribution in [0.4, 0.5) is 4.39 Å². The molecule has 2 amide bonds. The summed E-state index contributed by atoms with van der Waals surface area (Å²) in [6.07, 6.45) is 1.30. The van der Waals surface area contributed by atoms with Crippen LogP contribution < -0.4 is 5.32 Å². The van der Waals surface area contributed by atoms with Gasteiger partial charge in [0, 0.05) is 24.5 Å². The summed E-state index contributed by atoms with van der Waals surface area (Å²) in [5, 5.41) is 2.91. The number of benzene rings is 1. The second-order valence-corrected chi connectivity index (χ2v) is 7.29. The van der Waals surface area contributed by atoms with E-state index < -0.39 is 17.1 Å². The number of likely N-dealkylation sites (tertiary alicyclic amines) is 1. The fraction of sp³-hybridized carbons (Fsp3) is 0.529. The third-order valence-corrected chi connectivity index (χ3v) is 4.26. The molecule has 0 unspecified atom stereocenters. The van der Waals surface area contributed by atoms with E-state index in [0.717, 1.165) is 0 Å². The second-order valence-electron chi connectivity index (χ2n) is 6.89. The first-order valence-electron chi connectivity index (χ1n) is 7.74. The van der Waals surface area contributed by atoms with Crippen LogP contribution in [0.5, 0.6) is 0 Å². The van der Waals surface area contributed by atoms with Gasteiger partial charge in [-0.25, -0.2) is 4.39 Å². The highest BCUT2D eigenvalue weighted by Crippen LogP contribution is 2.22. The molecule has 4 nitrogen and oxygen atoms in total. The molecule has 1 N–H and O–H groups in total. The van der Waals surface area contributed by atoms with Crippen molar-refractivity contribution in [1.82, 2.24) is 10.2 Å². The maximum atomic E-state index is 13.8. The Morgan fingerprint density at radius 2 is 1.87 bits per heavy atom. The SMILES string of the molecule is CC(C)(C)C(=O)N1CCC(NC(=O)c2c(F)cccc2Cl)CC1. The molecule has 6 heteroatoms. The van der Waals surface area contributed by atoms with Crippen LogP contribution in [0, 0.1) is 11.2 Å². The van der Waals surface area contributed by atoms with E-state index in [1.807, 2.05) is 25.7 Å². The third kappa shape index (κ3) is 4.22. The molecule has 1 aliphatic rings. The van der Waals surface area contributed by atoms with Gasteiger partial charge in [0.25, 0.3) is 5.91 Å².